The third kappa shape index (κ3) is 4.74. The van der Waals surface area contributed by atoms with Crippen molar-refractivity contribution in [2.45, 2.75) is 52.9 Å². The van der Waals surface area contributed by atoms with Gasteiger partial charge in [-0.15, -0.1) is 0 Å². The van der Waals surface area contributed by atoms with E-state index < -0.39 is 0 Å². The van der Waals surface area contributed by atoms with E-state index in [-0.39, 0.29) is 34.8 Å². The number of likely N-dealkylation sites (tertiary alicyclic amines) is 1. The number of amides is 2. The number of piperidine rings is 1. The third-order valence-electron chi connectivity index (χ3n) is 4.79. The summed E-state index contributed by atoms with van der Waals surface area (Å²) < 4.78 is 0. The van der Waals surface area contributed by atoms with Crippen molar-refractivity contribution in [2.75, 3.05) is 18.4 Å². The Balaban J connectivity index is 2.01. The number of carbonyl (C=O) groups excluding carboxylic acids is 2. The van der Waals surface area contributed by atoms with Crippen LogP contribution in [-0.2, 0) is 15.0 Å². The van der Waals surface area contributed by atoms with Crippen LogP contribution in [0.3, 0.4) is 0 Å². The van der Waals surface area contributed by atoms with Gasteiger partial charge in [0.15, 0.2) is 0 Å². The number of phenolic OH excluding ortho intramolecular Hbond substituents is 1. The van der Waals surface area contributed by atoms with Crippen LogP contribution in [0.1, 0.15) is 53.0 Å². The fourth-order valence-corrected chi connectivity index (χ4v) is 3.06. The molecule has 1 aromatic carbocycles. The molecule has 1 saturated heterocycles. The van der Waals surface area contributed by atoms with E-state index >= 15 is 0 Å². The lowest BCUT2D eigenvalue weighted by Crippen LogP contribution is -2.43. The molecule has 1 heterocycles. The smallest absolute Gasteiger partial charge is 0.227 e. The number of benzene rings is 1. The lowest BCUT2D eigenvalue weighted by Gasteiger charge is -2.32. The summed E-state index contributed by atoms with van der Waals surface area (Å²) >= 11 is 0. The number of hydrogen-bond donors (Lipinski definition) is 2. The third-order valence-corrected chi connectivity index (χ3v) is 4.79. The van der Waals surface area contributed by atoms with E-state index in [1.807, 2.05) is 30.9 Å². The predicted octanol–water partition coefficient (Wildman–Crippen LogP) is 3.52. The molecule has 0 atom stereocenters. The first kappa shape index (κ1) is 19.3. The molecule has 5 heteroatoms. The lowest BCUT2D eigenvalue weighted by molar-refractivity contribution is -0.137. The van der Waals surface area contributed by atoms with Gasteiger partial charge in [0, 0.05) is 24.9 Å². The fraction of sp³-hybridized carbons (Fsp3) is 0.600. The average Bonchev–Trinajstić information content (AvgIpc) is 2.55. The molecule has 2 N–H and O–H groups in total. The topological polar surface area (TPSA) is 69.6 Å². The van der Waals surface area contributed by atoms with Crippen LogP contribution < -0.4 is 5.32 Å². The fourth-order valence-electron chi connectivity index (χ4n) is 3.06. The van der Waals surface area contributed by atoms with E-state index in [0.29, 0.717) is 31.6 Å². The molecule has 2 amide bonds. The number of nitrogens with zero attached hydrogens (tertiary/aromatic N) is 1. The maximum absolute atomic E-state index is 12.6. The van der Waals surface area contributed by atoms with Crippen LogP contribution in [0.5, 0.6) is 5.75 Å². The second-order valence-corrected chi connectivity index (χ2v) is 8.23. The second-order valence-electron chi connectivity index (χ2n) is 8.23. The molecule has 0 bridgehead atoms. The molecule has 1 aromatic rings. The molecule has 1 aliphatic heterocycles. The molecule has 0 aliphatic carbocycles. The summed E-state index contributed by atoms with van der Waals surface area (Å²) in [4.78, 5) is 26.4. The van der Waals surface area contributed by atoms with E-state index in [1.165, 1.54) is 0 Å². The van der Waals surface area contributed by atoms with Gasteiger partial charge in [-0.1, -0.05) is 40.7 Å². The summed E-state index contributed by atoms with van der Waals surface area (Å²) in [6.07, 6.45) is 1.31. The van der Waals surface area contributed by atoms with E-state index in [0.717, 1.165) is 5.56 Å². The van der Waals surface area contributed by atoms with Gasteiger partial charge in [0.2, 0.25) is 11.8 Å². The molecule has 0 saturated carbocycles. The van der Waals surface area contributed by atoms with Crippen molar-refractivity contribution in [1.29, 1.82) is 0 Å². The minimum Gasteiger partial charge on any atom is -0.506 e. The Bertz CT molecular complexity index is 639. The van der Waals surface area contributed by atoms with Crippen molar-refractivity contribution in [2.24, 2.45) is 11.8 Å². The predicted molar refractivity (Wildman–Crippen MR) is 99.6 cm³/mol. The van der Waals surface area contributed by atoms with Crippen molar-refractivity contribution in [3.8, 4) is 5.75 Å². The highest BCUT2D eigenvalue weighted by molar-refractivity contribution is 5.94. The van der Waals surface area contributed by atoms with E-state index in [4.69, 9.17) is 0 Å². The lowest BCUT2D eigenvalue weighted by atomic mass is 9.86. The number of anilines is 1. The zero-order chi connectivity index (χ0) is 18.8. The van der Waals surface area contributed by atoms with E-state index in [1.54, 1.807) is 6.07 Å². The maximum atomic E-state index is 12.6. The molecule has 0 aromatic heterocycles. The van der Waals surface area contributed by atoms with Gasteiger partial charge in [0.1, 0.15) is 5.75 Å². The van der Waals surface area contributed by atoms with Crippen molar-refractivity contribution in [3.63, 3.8) is 0 Å². The average molecular weight is 346 g/mol. The number of rotatable bonds is 3. The van der Waals surface area contributed by atoms with Gasteiger partial charge in [0.25, 0.3) is 0 Å². The van der Waals surface area contributed by atoms with Gasteiger partial charge in [-0.05, 0) is 36.0 Å². The Morgan fingerprint density at radius 3 is 2.32 bits per heavy atom. The molecular weight excluding hydrogens is 316 g/mol. The Morgan fingerprint density at radius 1 is 1.20 bits per heavy atom. The van der Waals surface area contributed by atoms with Gasteiger partial charge >= 0.3 is 0 Å². The quantitative estimate of drug-likeness (QED) is 0.823. The van der Waals surface area contributed by atoms with Crippen LogP contribution >= 0.6 is 0 Å². The summed E-state index contributed by atoms with van der Waals surface area (Å²) in [7, 11) is 0. The zero-order valence-corrected chi connectivity index (χ0v) is 15.9. The molecule has 138 valence electrons. The molecule has 0 spiro atoms. The number of carbonyl (C=O) groups is 2. The van der Waals surface area contributed by atoms with Crippen LogP contribution in [0.4, 0.5) is 5.69 Å². The molecular formula is C20H30N2O3. The van der Waals surface area contributed by atoms with Crippen molar-refractivity contribution >= 4 is 17.5 Å². The first-order chi connectivity index (χ1) is 11.6. The van der Waals surface area contributed by atoms with Crippen molar-refractivity contribution in [3.05, 3.63) is 23.8 Å². The van der Waals surface area contributed by atoms with Gasteiger partial charge in [-0.3, -0.25) is 9.59 Å². The normalized spacial score (nSPS) is 16.2. The van der Waals surface area contributed by atoms with Gasteiger partial charge < -0.3 is 15.3 Å². The highest BCUT2D eigenvalue weighted by atomic mass is 16.3. The summed E-state index contributed by atoms with van der Waals surface area (Å²) in [5.41, 5.74) is 1.45. The largest absolute Gasteiger partial charge is 0.506 e. The highest BCUT2D eigenvalue weighted by Gasteiger charge is 2.28. The number of phenols is 1. The monoisotopic (exact) mass is 346 g/mol. The van der Waals surface area contributed by atoms with E-state index in [2.05, 4.69) is 26.1 Å². The number of hydrogen-bond acceptors (Lipinski definition) is 3. The summed E-state index contributed by atoms with van der Waals surface area (Å²) in [5.74, 6) is -0.00229. The van der Waals surface area contributed by atoms with Crippen LogP contribution in [0.15, 0.2) is 18.2 Å². The van der Waals surface area contributed by atoms with Gasteiger partial charge in [-0.2, -0.15) is 0 Å². The summed E-state index contributed by atoms with van der Waals surface area (Å²) in [6, 6.07) is 5.34. The van der Waals surface area contributed by atoms with Crippen LogP contribution in [0.25, 0.3) is 0 Å². The molecule has 1 aliphatic rings. The Morgan fingerprint density at radius 2 is 1.80 bits per heavy atom. The Kier molecular flexibility index (Phi) is 5.76. The molecule has 25 heavy (non-hydrogen) atoms. The zero-order valence-electron chi connectivity index (χ0n) is 15.9. The molecule has 1 fully saturated rings. The van der Waals surface area contributed by atoms with Crippen LogP contribution in [0, 0.1) is 11.8 Å². The second kappa shape index (κ2) is 7.46. The van der Waals surface area contributed by atoms with Gasteiger partial charge in [0.05, 0.1) is 5.69 Å². The molecule has 2 rings (SSSR count). The molecule has 5 nitrogen and oxygen atoms in total. The van der Waals surface area contributed by atoms with Crippen LogP contribution in [0.2, 0.25) is 0 Å². The van der Waals surface area contributed by atoms with E-state index in [9.17, 15) is 14.7 Å². The minimum absolute atomic E-state index is 0.0116. The number of nitrogens with one attached hydrogen (secondary N) is 1. The summed E-state index contributed by atoms with van der Waals surface area (Å²) in [5, 5.41) is 12.9. The first-order valence-corrected chi connectivity index (χ1v) is 9.02. The first-order valence-electron chi connectivity index (χ1n) is 9.02. The maximum Gasteiger partial charge on any atom is 0.227 e. The van der Waals surface area contributed by atoms with Crippen molar-refractivity contribution in [1.82, 2.24) is 4.90 Å². The molecule has 0 unspecified atom stereocenters. The highest BCUT2D eigenvalue weighted by Crippen LogP contribution is 2.31. The molecule has 0 radical (unpaired) electrons. The Labute approximate surface area is 150 Å². The Hall–Kier alpha value is -2.04. The minimum atomic E-state index is -0.131. The van der Waals surface area contributed by atoms with Crippen LogP contribution in [-0.4, -0.2) is 34.9 Å². The SMILES string of the molecule is CC(C)C(=O)N1CCC(C(=O)Nc2cc(C(C)(C)C)ccc2O)CC1. The van der Waals surface area contributed by atoms with Gasteiger partial charge in [-0.25, -0.2) is 0 Å². The van der Waals surface area contributed by atoms with Crippen molar-refractivity contribution < 1.29 is 14.7 Å². The standard InChI is InChI=1S/C20H30N2O3/c1-13(2)19(25)22-10-8-14(9-11-22)18(24)21-16-12-15(20(3,4)5)6-7-17(16)23/h6-7,12-14,23H,8-11H2,1-5H3,(H,21,24). The number of aromatic hydroxyl groups is 1. The summed E-state index contributed by atoms with van der Waals surface area (Å²) in [6.45, 7) is 11.3.